The highest BCUT2D eigenvalue weighted by molar-refractivity contribution is 7.51. The summed E-state index contributed by atoms with van der Waals surface area (Å²) in [7, 11) is 2.24. The summed E-state index contributed by atoms with van der Waals surface area (Å²) in [5, 5.41) is 8.78. The highest BCUT2D eigenvalue weighted by Crippen LogP contribution is 2.34. The zero-order valence-electron chi connectivity index (χ0n) is 10.3. The van der Waals surface area contributed by atoms with Gasteiger partial charge in [-0.15, -0.1) is 0 Å². The summed E-state index contributed by atoms with van der Waals surface area (Å²) in [5.74, 6) is -3.01. The van der Waals surface area contributed by atoms with E-state index in [4.69, 9.17) is 19.7 Å². The molecule has 0 aliphatic heterocycles. The summed E-state index contributed by atoms with van der Waals surface area (Å²) in [6.45, 7) is 0.797. The van der Waals surface area contributed by atoms with Gasteiger partial charge in [-0.1, -0.05) is 0 Å². The van der Waals surface area contributed by atoms with E-state index >= 15 is 0 Å². The summed E-state index contributed by atoms with van der Waals surface area (Å²) >= 11 is 0. The summed E-state index contributed by atoms with van der Waals surface area (Å²) in [6, 6.07) is 0. The number of hydrogen-bond donors (Lipinski definition) is 2. The van der Waals surface area contributed by atoms with Crippen LogP contribution < -0.4 is 5.11 Å². The lowest BCUT2D eigenvalue weighted by Gasteiger charge is -2.23. The maximum atomic E-state index is 10.5. The predicted octanol–water partition coefficient (Wildman–Crippen LogP) is -0.441. The van der Waals surface area contributed by atoms with Gasteiger partial charge < -0.3 is 24.2 Å². The fourth-order valence-corrected chi connectivity index (χ4v) is 1.30. The van der Waals surface area contributed by atoms with Crippen LogP contribution in [0.1, 0.15) is 6.42 Å². The smallest absolute Gasteiger partial charge is 0.430 e. The number of halogens is 3. The SMILES string of the molecule is C[N+](C)(C)CCCP(=O)(O)O.O=C([O-])C(F)(F)F. The van der Waals surface area contributed by atoms with Crippen molar-refractivity contribution >= 4 is 13.6 Å². The molecule has 10 heteroatoms. The third kappa shape index (κ3) is 17.8. The van der Waals surface area contributed by atoms with Crippen molar-refractivity contribution in [1.82, 2.24) is 0 Å². The molecule has 0 bridgehead atoms. The molecule has 0 rings (SSSR count). The number of alkyl halides is 3. The van der Waals surface area contributed by atoms with Crippen LogP contribution in [0, 0.1) is 0 Å². The lowest BCUT2D eigenvalue weighted by atomic mass is 10.4. The molecule has 0 saturated carbocycles. The van der Waals surface area contributed by atoms with Gasteiger partial charge in [-0.25, -0.2) is 0 Å². The van der Waals surface area contributed by atoms with Crippen LogP contribution in [0.15, 0.2) is 0 Å². The normalized spacial score (nSPS) is 12.7. The second-order valence-corrected chi connectivity index (χ2v) is 6.32. The van der Waals surface area contributed by atoms with Crippen LogP contribution in [0.3, 0.4) is 0 Å². The number of aliphatic carboxylic acids is 1. The minimum atomic E-state index is -5.19. The third-order valence-corrected chi connectivity index (χ3v) is 2.41. The van der Waals surface area contributed by atoms with E-state index in [-0.39, 0.29) is 6.16 Å². The zero-order valence-corrected chi connectivity index (χ0v) is 11.2. The fourth-order valence-electron chi connectivity index (χ4n) is 0.751. The van der Waals surface area contributed by atoms with E-state index in [2.05, 4.69) is 0 Å². The summed E-state index contributed by atoms with van der Waals surface area (Å²) < 4.78 is 42.7. The Morgan fingerprint density at radius 3 is 1.78 bits per heavy atom. The molecule has 0 unspecified atom stereocenters. The zero-order chi connectivity index (χ0) is 15.2. The van der Waals surface area contributed by atoms with E-state index in [1.165, 1.54) is 0 Å². The van der Waals surface area contributed by atoms with Crippen LogP contribution in [0.4, 0.5) is 13.2 Å². The van der Waals surface area contributed by atoms with E-state index < -0.39 is 19.7 Å². The first kappa shape index (κ1) is 19.7. The Hall–Kier alpha value is -0.630. The molecule has 0 aromatic carbocycles. The number of carboxylic acids is 1. The molecule has 0 spiro atoms. The number of hydrogen-bond acceptors (Lipinski definition) is 3. The summed E-state index contributed by atoms with van der Waals surface area (Å²) in [6.07, 6.45) is -4.61. The molecule has 0 aliphatic carbocycles. The Morgan fingerprint density at radius 1 is 1.28 bits per heavy atom. The van der Waals surface area contributed by atoms with Crippen LogP contribution in [0.2, 0.25) is 0 Å². The Balaban J connectivity index is 0. The minimum Gasteiger partial charge on any atom is -0.542 e. The molecule has 0 saturated heterocycles. The molecule has 0 amide bonds. The fraction of sp³-hybridized carbons (Fsp3) is 0.875. The van der Waals surface area contributed by atoms with E-state index in [1.807, 2.05) is 21.1 Å². The quantitative estimate of drug-likeness (QED) is 0.541. The molecule has 6 nitrogen and oxygen atoms in total. The number of quaternary nitrogens is 1. The molecule has 0 heterocycles. The van der Waals surface area contributed by atoms with E-state index in [9.17, 15) is 17.7 Å². The molecule has 0 fully saturated rings. The molecule has 2 N–H and O–H groups in total. The van der Waals surface area contributed by atoms with Crippen molar-refractivity contribution in [3.63, 3.8) is 0 Å². The molecule has 0 radical (unpaired) electrons. The van der Waals surface area contributed by atoms with Crippen LogP contribution in [0.5, 0.6) is 0 Å². The third-order valence-electron chi connectivity index (χ3n) is 1.51. The molecule has 18 heavy (non-hydrogen) atoms. The lowest BCUT2D eigenvalue weighted by molar-refractivity contribution is -0.870. The Kier molecular flexibility index (Phi) is 7.75. The van der Waals surface area contributed by atoms with Crippen LogP contribution in [-0.2, 0) is 9.36 Å². The van der Waals surface area contributed by atoms with Gasteiger partial charge >= 0.3 is 13.8 Å². The van der Waals surface area contributed by atoms with Crippen molar-refractivity contribution < 1.29 is 41.9 Å². The Bertz CT molecular complexity index is 307. The first-order valence-electron chi connectivity index (χ1n) is 4.78. The van der Waals surface area contributed by atoms with Crippen LogP contribution in [-0.4, -0.2) is 60.3 Å². The standard InChI is InChI=1S/C6H16NO3P.C2HF3O2/c1-7(2,3)5-4-6-11(8,9)10;3-2(4,5)1(6)7/h4-6H2,1-3H3,(H-,8,9,10);(H,6,7). The summed E-state index contributed by atoms with van der Waals surface area (Å²) in [5.41, 5.74) is 0. The van der Waals surface area contributed by atoms with E-state index in [0.29, 0.717) is 6.42 Å². The molecular formula is C8H17F3NO5P. The first-order valence-corrected chi connectivity index (χ1v) is 6.58. The van der Waals surface area contributed by atoms with Gasteiger partial charge in [0.15, 0.2) is 0 Å². The Morgan fingerprint density at radius 2 is 1.61 bits per heavy atom. The van der Waals surface area contributed by atoms with Gasteiger partial charge in [0.25, 0.3) is 0 Å². The number of carbonyl (C=O) groups excluding carboxylic acids is 1. The second-order valence-electron chi connectivity index (χ2n) is 4.54. The van der Waals surface area contributed by atoms with Gasteiger partial charge in [-0.2, -0.15) is 13.2 Å². The molecular weight excluding hydrogens is 278 g/mol. The van der Waals surface area contributed by atoms with Gasteiger partial charge in [-0.05, 0) is 0 Å². The van der Waals surface area contributed by atoms with Crippen molar-refractivity contribution in [3.8, 4) is 0 Å². The van der Waals surface area contributed by atoms with Crippen molar-refractivity contribution in [2.45, 2.75) is 12.6 Å². The monoisotopic (exact) mass is 295 g/mol. The first-order chi connectivity index (χ1) is 7.65. The van der Waals surface area contributed by atoms with Crippen LogP contribution >= 0.6 is 7.60 Å². The largest absolute Gasteiger partial charge is 0.542 e. The molecule has 0 aromatic heterocycles. The molecule has 0 atom stereocenters. The Labute approximate surface area is 103 Å². The average Bonchev–Trinajstić information content (AvgIpc) is 1.97. The van der Waals surface area contributed by atoms with Gasteiger partial charge in [0.05, 0.1) is 33.8 Å². The lowest BCUT2D eigenvalue weighted by Crippen LogP contribution is -2.37. The minimum absolute atomic E-state index is 0.00250. The second kappa shape index (κ2) is 7.08. The maximum absolute atomic E-state index is 10.5. The van der Waals surface area contributed by atoms with Crippen molar-refractivity contribution in [3.05, 3.63) is 0 Å². The van der Waals surface area contributed by atoms with Crippen molar-refractivity contribution in [2.75, 3.05) is 33.8 Å². The average molecular weight is 295 g/mol. The van der Waals surface area contributed by atoms with Gasteiger partial charge in [0.1, 0.15) is 5.97 Å². The highest BCUT2D eigenvalue weighted by atomic mass is 31.2. The van der Waals surface area contributed by atoms with Gasteiger partial charge in [0.2, 0.25) is 0 Å². The number of rotatable bonds is 4. The van der Waals surface area contributed by atoms with Gasteiger partial charge in [-0.3, -0.25) is 4.57 Å². The highest BCUT2D eigenvalue weighted by Gasteiger charge is 2.28. The number of carboxylic acid groups (broad SMARTS) is 1. The predicted molar refractivity (Wildman–Crippen MR) is 55.5 cm³/mol. The summed E-state index contributed by atoms with van der Waals surface area (Å²) in [4.78, 5) is 25.8. The van der Waals surface area contributed by atoms with E-state index in [1.54, 1.807) is 0 Å². The number of carbonyl (C=O) groups is 1. The van der Waals surface area contributed by atoms with Crippen molar-refractivity contribution in [1.29, 1.82) is 0 Å². The van der Waals surface area contributed by atoms with Crippen molar-refractivity contribution in [2.24, 2.45) is 0 Å². The molecule has 0 aliphatic rings. The van der Waals surface area contributed by atoms with Crippen LogP contribution in [0.25, 0.3) is 0 Å². The molecule has 0 aromatic rings. The van der Waals surface area contributed by atoms with E-state index in [0.717, 1.165) is 11.0 Å². The van der Waals surface area contributed by atoms with Gasteiger partial charge in [0, 0.05) is 6.42 Å². The maximum Gasteiger partial charge on any atom is 0.430 e. The molecule has 110 valence electrons. The topological polar surface area (TPSA) is 97.7 Å². The number of nitrogens with zero attached hydrogens (tertiary/aromatic N) is 1.